The van der Waals surface area contributed by atoms with E-state index in [2.05, 4.69) is 14.6 Å². The van der Waals surface area contributed by atoms with Crippen LogP contribution in [0.25, 0.3) is 0 Å². The minimum Gasteiger partial charge on any atom is -0.406 e. The average Bonchev–Trinajstić information content (AvgIpc) is 1.65. The van der Waals surface area contributed by atoms with Gasteiger partial charge in [-0.15, -0.1) is 0 Å². The largest absolute Gasteiger partial charge is 0.406 e. The van der Waals surface area contributed by atoms with Gasteiger partial charge in [-0.3, -0.25) is 4.79 Å². The van der Waals surface area contributed by atoms with E-state index in [-0.39, 0.29) is 5.91 Å². The van der Waals surface area contributed by atoms with Crippen molar-refractivity contribution in [3.63, 3.8) is 0 Å². The van der Waals surface area contributed by atoms with Gasteiger partial charge in [0.25, 0.3) is 0 Å². The molecule has 0 atom stereocenters. The maximum atomic E-state index is 9.83. The minimum absolute atomic E-state index is 0.366. The lowest BCUT2D eigenvalue weighted by Gasteiger charge is -1.82. The highest BCUT2D eigenvalue weighted by atomic mass is 16.1. The lowest BCUT2D eigenvalue weighted by Crippen LogP contribution is -2.15. The molecule has 2 radical (unpaired) electrons. The molecule has 2 nitrogen and oxygen atoms in total. The van der Waals surface area contributed by atoms with Gasteiger partial charge in [0, 0.05) is 0 Å². The van der Waals surface area contributed by atoms with Crippen LogP contribution in [-0.4, -0.2) is 13.9 Å². The molecule has 1 N–H and O–H groups in total. The van der Waals surface area contributed by atoms with Gasteiger partial charge in [-0.2, -0.15) is 0 Å². The van der Waals surface area contributed by atoms with Crippen LogP contribution in [-0.2, 0) is 4.79 Å². The molecule has 0 aromatic carbocycles. The minimum atomic E-state index is -0.366. The van der Waals surface area contributed by atoms with E-state index < -0.39 is 0 Å². The molecule has 6 heavy (non-hydrogen) atoms. The number of carbonyl (C=O) groups excluding carboxylic acids is 1. The molecule has 0 aromatic rings. The van der Waals surface area contributed by atoms with Crippen LogP contribution >= 0.6 is 0 Å². The number of nitrogens with one attached hydrogen (secondary N) is 1. The topological polar surface area (TPSA) is 29.1 Å². The molecule has 0 fully saturated rings. The van der Waals surface area contributed by atoms with E-state index in [1.807, 2.05) is 5.23 Å². The molecule has 0 bridgehead atoms. The van der Waals surface area contributed by atoms with Crippen LogP contribution in [0.15, 0.2) is 12.7 Å². The van der Waals surface area contributed by atoms with Gasteiger partial charge in [0.1, 0.15) is 0 Å². The van der Waals surface area contributed by atoms with E-state index in [1.54, 1.807) is 0 Å². The summed E-state index contributed by atoms with van der Waals surface area (Å²) in [4.78, 5) is 9.83. The molecule has 0 aliphatic rings. The van der Waals surface area contributed by atoms with Gasteiger partial charge < -0.3 is 5.23 Å². The highest BCUT2D eigenvalue weighted by Crippen LogP contribution is 1.55. The molecule has 0 heterocycles. The first-order valence-corrected chi connectivity index (χ1v) is 1.44. The molecular weight excluding hydrogens is 76.9 g/mol. The Morgan fingerprint density at radius 3 is 2.50 bits per heavy atom. The van der Waals surface area contributed by atoms with Crippen molar-refractivity contribution in [3.8, 4) is 0 Å². The zero-order valence-electron chi connectivity index (χ0n) is 3.27. The van der Waals surface area contributed by atoms with Gasteiger partial charge in [0.15, 0.2) is 0 Å². The summed E-state index contributed by atoms with van der Waals surface area (Å²) >= 11 is 0. The summed E-state index contributed by atoms with van der Waals surface area (Å²) in [7, 11) is 4.61. The average molecular weight is 80.9 g/mol. The molecule has 1 amide bonds. The van der Waals surface area contributed by atoms with Crippen molar-refractivity contribution in [2.24, 2.45) is 0 Å². The zero-order valence-corrected chi connectivity index (χ0v) is 3.27. The number of rotatable bonds is 1. The standard InChI is InChI=1S/C3H4BNO/c1-2-3(6)5-4/h2H,1H2,(H,5,6). The lowest BCUT2D eigenvalue weighted by atomic mass is 10.4. The first kappa shape index (κ1) is 5.27. The number of hydrogen-bond donors (Lipinski definition) is 1. The molecule has 0 saturated carbocycles. The van der Waals surface area contributed by atoms with Crippen LogP contribution in [0.5, 0.6) is 0 Å². The zero-order chi connectivity index (χ0) is 4.99. The molecule has 30 valence electrons. The van der Waals surface area contributed by atoms with E-state index in [1.165, 1.54) is 0 Å². The summed E-state index contributed by atoms with van der Waals surface area (Å²) in [6.45, 7) is 3.14. The fourth-order valence-corrected chi connectivity index (χ4v) is 0.0589. The molecule has 0 aliphatic heterocycles. The third-order valence-electron chi connectivity index (χ3n) is 0.328. The van der Waals surface area contributed by atoms with Gasteiger partial charge in [-0.25, -0.2) is 0 Å². The second-order valence-corrected chi connectivity index (χ2v) is 0.713. The third-order valence-corrected chi connectivity index (χ3v) is 0.328. The van der Waals surface area contributed by atoms with E-state index >= 15 is 0 Å². The van der Waals surface area contributed by atoms with Crippen molar-refractivity contribution in [2.75, 3.05) is 0 Å². The van der Waals surface area contributed by atoms with Crippen molar-refractivity contribution < 1.29 is 4.79 Å². The summed E-state index contributed by atoms with van der Waals surface area (Å²) < 4.78 is 0. The van der Waals surface area contributed by atoms with Crippen molar-refractivity contribution in [2.45, 2.75) is 0 Å². The monoisotopic (exact) mass is 81.0 g/mol. The van der Waals surface area contributed by atoms with Crippen molar-refractivity contribution in [1.29, 1.82) is 0 Å². The van der Waals surface area contributed by atoms with Gasteiger partial charge >= 0.3 is 0 Å². The van der Waals surface area contributed by atoms with E-state index in [0.717, 1.165) is 6.08 Å². The highest BCUT2D eigenvalue weighted by Gasteiger charge is 1.78. The Hall–Kier alpha value is -0.725. The molecule has 0 rings (SSSR count). The van der Waals surface area contributed by atoms with Crippen molar-refractivity contribution in [3.05, 3.63) is 12.7 Å². The Balaban J connectivity index is 3.23. The fourth-order valence-electron chi connectivity index (χ4n) is 0.0589. The predicted octanol–water partition coefficient (Wildman–Crippen LogP) is -0.628. The van der Waals surface area contributed by atoms with Crippen LogP contribution in [0, 0.1) is 0 Å². The Bertz CT molecular complexity index is 71.2. The molecular formula is C3H4BNO. The fraction of sp³-hybridized carbons (Fsp3) is 0. The smallest absolute Gasteiger partial charge is 0.230 e. The van der Waals surface area contributed by atoms with Gasteiger partial charge in [-0.05, 0) is 6.08 Å². The van der Waals surface area contributed by atoms with E-state index in [4.69, 9.17) is 0 Å². The third kappa shape index (κ3) is 1.58. The first-order valence-electron chi connectivity index (χ1n) is 1.44. The van der Waals surface area contributed by atoms with E-state index in [0.29, 0.717) is 0 Å². The summed E-state index contributed by atoms with van der Waals surface area (Å²) in [5.74, 6) is -0.366. The van der Waals surface area contributed by atoms with Gasteiger partial charge in [-0.1, -0.05) is 6.58 Å². The summed E-state index contributed by atoms with van der Waals surface area (Å²) in [6, 6.07) is 0. The Morgan fingerprint density at radius 1 is 2.00 bits per heavy atom. The molecule has 0 unspecified atom stereocenters. The number of carbonyl (C=O) groups is 1. The quantitative estimate of drug-likeness (QED) is 0.330. The Morgan fingerprint density at radius 2 is 2.50 bits per heavy atom. The maximum absolute atomic E-state index is 9.83. The second kappa shape index (κ2) is 2.51. The van der Waals surface area contributed by atoms with Gasteiger partial charge in [0.05, 0.1) is 0 Å². The first-order chi connectivity index (χ1) is 2.81. The molecule has 0 aliphatic carbocycles. The Labute approximate surface area is 37.7 Å². The van der Waals surface area contributed by atoms with Crippen molar-refractivity contribution >= 4 is 13.9 Å². The number of amides is 1. The SMILES string of the molecule is [B]NC(=O)C=C. The summed E-state index contributed by atoms with van der Waals surface area (Å²) in [5, 5.41) is 1.86. The van der Waals surface area contributed by atoms with Crippen LogP contribution in [0.4, 0.5) is 0 Å². The molecule has 0 saturated heterocycles. The van der Waals surface area contributed by atoms with Crippen molar-refractivity contribution in [1.82, 2.24) is 5.23 Å². The Kier molecular flexibility index (Phi) is 2.21. The molecule has 0 spiro atoms. The molecule has 3 heteroatoms. The predicted molar refractivity (Wildman–Crippen MR) is 24.1 cm³/mol. The van der Waals surface area contributed by atoms with E-state index in [9.17, 15) is 4.79 Å². The summed E-state index contributed by atoms with van der Waals surface area (Å²) in [5.41, 5.74) is 0. The lowest BCUT2D eigenvalue weighted by molar-refractivity contribution is -0.114. The van der Waals surface area contributed by atoms with Gasteiger partial charge in [0.2, 0.25) is 13.9 Å². The highest BCUT2D eigenvalue weighted by molar-refractivity contribution is 6.16. The van der Waals surface area contributed by atoms with Crippen LogP contribution in [0.3, 0.4) is 0 Å². The second-order valence-electron chi connectivity index (χ2n) is 0.713. The molecule has 0 aromatic heterocycles. The number of hydrogen-bond acceptors (Lipinski definition) is 1. The van der Waals surface area contributed by atoms with Crippen LogP contribution < -0.4 is 5.23 Å². The van der Waals surface area contributed by atoms with Crippen LogP contribution in [0.1, 0.15) is 0 Å². The summed E-state index contributed by atoms with van der Waals surface area (Å²) in [6.07, 6.45) is 1.10. The normalized spacial score (nSPS) is 6.67. The van der Waals surface area contributed by atoms with Crippen LogP contribution in [0.2, 0.25) is 0 Å². The maximum Gasteiger partial charge on any atom is 0.230 e.